The molecule has 0 aromatic rings. The van der Waals surface area contributed by atoms with Crippen molar-refractivity contribution in [3.8, 4) is 0 Å². The zero-order valence-electron chi connectivity index (χ0n) is 9.40. The molecule has 1 aliphatic rings. The van der Waals surface area contributed by atoms with Crippen molar-refractivity contribution in [2.45, 2.75) is 20.0 Å². The number of carbonyl (C=O) groups excluding carboxylic acids is 1. The smallest absolute Gasteiger partial charge is 0.229 e. The molecule has 1 atom stereocenters. The predicted octanol–water partition coefficient (Wildman–Crippen LogP) is -0.809. The first kappa shape index (κ1) is 12.4. The van der Waals surface area contributed by atoms with Gasteiger partial charge in [-0.05, 0) is 13.8 Å². The molecular weight excluding hydrogens is 196 g/mol. The van der Waals surface area contributed by atoms with E-state index in [9.17, 15) is 4.79 Å². The molecular formula is C10H20N2O3. The van der Waals surface area contributed by atoms with E-state index in [-0.39, 0.29) is 18.6 Å². The Morgan fingerprint density at radius 3 is 2.87 bits per heavy atom. The molecule has 1 saturated heterocycles. The summed E-state index contributed by atoms with van der Waals surface area (Å²) in [5.41, 5.74) is 5.02. The van der Waals surface area contributed by atoms with Gasteiger partial charge in [0.05, 0.1) is 24.7 Å². The van der Waals surface area contributed by atoms with Gasteiger partial charge in [-0.2, -0.15) is 0 Å². The molecule has 1 heterocycles. The second-order valence-corrected chi connectivity index (χ2v) is 4.51. The highest BCUT2D eigenvalue weighted by Crippen LogP contribution is 2.19. The standard InChI is InChI=1S/C10H20N2O3/c1-10(2,7-11)9(14)12-3-4-15-8(5-12)6-13/h8,13H,3-7,11H2,1-2H3. The molecule has 1 unspecified atom stereocenters. The molecule has 0 saturated carbocycles. The molecule has 0 aliphatic carbocycles. The third kappa shape index (κ3) is 2.90. The first-order valence-corrected chi connectivity index (χ1v) is 5.23. The lowest BCUT2D eigenvalue weighted by atomic mass is 9.91. The number of rotatable bonds is 3. The molecule has 1 amide bonds. The Hall–Kier alpha value is -0.650. The fraction of sp³-hybridized carbons (Fsp3) is 0.900. The van der Waals surface area contributed by atoms with Gasteiger partial charge in [0, 0.05) is 19.6 Å². The van der Waals surface area contributed by atoms with Gasteiger partial charge in [0.25, 0.3) is 0 Å². The van der Waals surface area contributed by atoms with Crippen LogP contribution in [0.5, 0.6) is 0 Å². The van der Waals surface area contributed by atoms with Crippen LogP contribution < -0.4 is 5.73 Å². The zero-order valence-corrected chi connectivity index (χ0v) is 9.40. The van der Waals surface area contributed by atoms with Crippen LogP contribution in [0, 0.1) is 5.41 Å². The average molecular weight is 216 g/mol. The van der Waals surface area contributed by atoms with Crippen LogP contribution >= 0.6 is 0 Å². The van der Waals surface area contributed by atoms with Gasteiger partial charge in [-0.25, -0.2) is 0 Å². The van der Waals surface area contributed by atoms with Crippen LogP contribution in [-0.4, -0.2) is 54.9 Å². The molecule has 0 bridgehead atoms. The van der Waals surface area contributed by atoms with E-state index >= 15 is 0 Å². The van der Waals surface area contributed by atoms with Gasteiger partial charge in [0.1, 0.15) is 0 Å². The molecule has 0 aromatic carbocycles. The van der Waals surface area contributed by atoms with Gasteiger partial charge in [-0.15, -0.1) is 0 Å². The van der Waals surface area contributed by atoms with Crippen molar-refractivity contribution >= 4 is 5.91 Å². The Bertz CT molecular complexity index is 231. The lowest BCUT2D eigenvalue weighted by Gasteiger charge is -2.36. The first-order chi connectivity index (χ1) is 7.01. The normalized spacial score (nSPS) is 22.9. The molecule has 15 heavy (non-hydrogen) atoms. The maximum atomic E-state index is 12.0. The summed E-state index contributed by atoms with van der Waals surface area (Å²) in [7, 11) is 0. The van der Waals surface area contributed by atoms with E-state index in [0.717, 1.165) is 0 Å². The fourth-order valence-corrected chi connectivity index (χ4v) is 1.53. The maximum absolute atomic E-state index is 12.0. The van der Waals surface area contributed by atoms with Crippen molar-refractivity contribution in [2.75, 3.05) is 32.8 Å². The highest BCUT2D eigenvalue weighted by Gasteiger charge is 2.33. The van der Waals surface area contributed by atoms with Gasteiger partial charge < -0.3 is 20.5 Å². The van der Waals surface area contributed by atoms with Crippen LogP contribution in [0.1, 0.15) is 13.8 Å². The molecule has 1 fully saturated rings. The molecule has 0 aromatic heterocycles. The Morgan fingerprint density at radius 2 is 2.33 bits per heavy atom. The van der Waals surface area contributed by atoms with E-state index in [1.54, 1.807) is 4.90 Å². The van der Waals surface area contributed by atoms with E-state index in [4.69, 9.17) is 15.6 Å². The largest absolute Gasteiger partial charge is 0.394 e. The average Bonchev–Trinajstić information content (AvgIpc) is 2.28. The van der Waals surface area contributed by atoms with Crippen molar-refractivity contribution in [3.63, 3.8) is 0 Å². The van der Waals surface area contributed by atoms with E-state index in [1.165, 1.54) is 0 Å². The summed E-state index contributed by atoms with van der Waals surface area (Å²) < 4.78 is 5.28. The Morgan fingerprint density at radius 1 is 1.67 bits per heavy atom. The molecule has 1 rings (SSSR count). The van der Waals surface area contributed by atoms with Gasteiger partial charge in [-0.1, -0.05) is 0 Å². The molecule has 3 N–H and O–H groups in total. The minimum Gasteiger partial charge on any atom is -0.394 e. The molecule has 1 aliphatic heterocycles. The molecule has 5 heteroatoms. The van der Waals surface area contributed by atoms with Gasteiger partial charge in [0.15, 0.2) is 0 Å². The number of nitrogens with two attached hydrogens (primary N) is 1. The minimum absolute atomic E-state index is 0.0340. The number of nitrogens with zero attached hydrogens (tertiary/aromatic N) is 1. The predicted molar refractivity (Wildman–Crippen MR) is 56.2 cm³/mol. The monoisotopic (exact) mass is 216 g/mol. The Labute approximate surface area is 90.2 Å². The number of hydrogen-bond donors (Lipinski definition) is 2. The summed E-state index contributed by atoms with van der Waals surface area (Å²) in [5, 5.41) is 8.96. The number of morpholine rings is 1. The van der Waals surface area contributed by atoms with Crippen LogP contribution in [0.25, 0.3) is 0 Å². The summed E-state index contributed by atoms with van der Waals surface area (Å²) in [4.78, 5) is 13.7. The van der Waals surface area contributed by atoms with E-state index in [2.05, 4.69) is 0 Å². The molecule has 88 valence electrons. The molecule has 0 radical (unpaired) electrons. The van der Waals surface area contributed by atoms with Crippen molar-refractivity contribution in [3.05, 3.63) is 0 Å². The maximum Gasteiger partial charge on any atom is 0.229 e. The van der Waals surface area contributed by atoms with Crippen LogP contribution in [0.4, 0.5) is 0 Å². The van der Waals surface area contributed by atoms with Crippen molar-refractivity contribution in [1.29, 1.82) is 0 Å². The number of aliphatic hydroxyl groups excluding tert-OH is 1. The summed E-state index contributed by atoms with van der Waals surface area (Å²) in [6.45, 7) is 5.46. The lowest BCUT2D eigenvalue weighted by Crippen LogP contribution is -2.52. The van der Waals surface area contributed by atoms with E-state index in [1.807, 2.05) is 13.8 Å². The second kappa shape index (κ2) is 4.92. The zero-order chi connectivity index (χ0) is 11.5. The van der Waals surface area contributed by atoms with Crippen molar-refractivity contribution < 1.29 is 14.6 Å². The first-order valence-electron chi connectivity index (χ1n) is 5.23. The lowest BCUT2D eigenvalue weighted by molar-refractivity contribution is -0.148. The Kier molecular flexibility index (Phi) is 4.07. The number of aliphatic hydroxyl groups is 1. The number of ether oxygens (including phenoxy) is 1. The van der Waals surface area contributed by atoms with Crippen molar-refractivity contribution in [1.82, 2.24) is 4.90 Å². The van der Waals surface area contributed by atoms with Crippen molar-refractivity contribution in [2.24, 2.45) is 11.1 Å². The number of amides is 1. The molecule has 0 spiro atoms. The number of hydrogen-bond acceptors (Lipinski definition) is 4. The van der Waals surface area contributed by atoms with Crippen LogP contribution in [0.15, 0.2) is 0 Å². The third-order valence-electron chi connectivity index (χ3n) is 2.72. The highest BCUT2D eigenvalue weighted by atomic mass is 16.5. The summed E-state index contributed by atoms with van der Waals surface area (Å²) in [5.74, 6) is 0.0340. The van der Waals surface area contributed by atoms with Gasteiger partial charge in [0.2, 0.25) is 5.91 Å². The summed E-state index contributed by atoms with van der Waals surface area (Å²) in [6, 6.07) is 0. The quantitative estimate of drug-likeness (QED) is 0.647. The minimum atomic E-state index is -0.530. The fourth-order valence-electron chi connectivity index (χ4n) is 1.53. The number of carbonyl (C=O) groups is 1. The van der Waals surface area contributed by atoms with Crippen LogP contribution in [-0.2, 0) is 9.53 Å². The topological polar surface area (TPSA) is 75.8 Å². The third-order valence-corrected chi connectivity index (χ3v) is 2.72. The Balaban J connectivity index is 2.60. The summed E-state index contributed by atoms with van der Waals surface area (Å²) >= 11 is 0. The highest BCUT2D eigenvalue weighted by molar-refractivity contribution is 5.82. The van der Waals surface area contributed by atoms with Crippen LogP contribution in [0.3, 0.4) is 0 Å². The van der Waals surface area contributed by atoms with E-state index < -0.39 is 5.41 Å². The van der Waals surface area contributed by atoms with E-state index in [0.29, 0.717) is 26.2 Å². The second-order valence-electron chi connectivity index (χ2n) is 4.51. The molecule has 5 nitrogen and oxygen atoms in total. The van der Waals surface area contributed by atoms with Gasteiger partial charge in [-0.3, -0.25) is 4.79 Å². The van der Waals surface area contributed by atoms with Gasteiger partial charge >= 0.3 is 0 Å². The summed E-state index contributed by atoms with van der Waals surface area (Å²) in [6.07, 6.45) is -0.253. The van der Waals surface area contributed by atoms with Crippen LogP contribution in [0.2, 0.25) is 0 Å². The SMILES string of the molecule is CC(C)(CN)C(=O)N1CCOC(CO)C1.